The third-order valence-corrected chi connectivity index (χ3v) is 3.13. The lowest BCUT2D eigenvalue weighted by Crippen LogP contribution is -2.33. The molecule has 1 saturated carbocycles. The lowest BCUT2D eigenvalue weighted by atomic mass is 10.0. The van der Waals surface area contributed by atoms with Gasteiger partial charge in [0, 0.05) is 26.7 Å². The van der Waals surface area contributed by atoms with Crippen molar-refractivity contribution in [3.63, 3.8) is 0 Å². The van der Waals surface area contributed by atoms with E-state index in [4.69, 9.17) is 0 Å². The number of amides is 1. The molecule has 2 rings (SSSR count). The Morgan fingerprint density at radius 2 is 2.17 bits per heavy atom. The predicted octanol–water partition coefficient (Wildman–Crippen LogP) is 0.0247. The molecule has 0 aromatic rings. The van der Waals surface area contributed by atoms with Gasteiger partial charge in [0.2, 0.25) is 5.91 Å². The van der Waals surface area contributed by atoms with Gasteiger partial charge in [-0.25, -0.2) is 0 Å². The standard InChI is InChI=1S/C9H16N2O/c1-10(2)9(12)7-5-11(3)8-4-6(7)8/h6-8H,4-5H2,1-3H3. The van der Waals surface area contributed by atoms with Crippen LogP contribution < -0.4 is 0 Å². The van der Waals surface area contributed by atoms with Crippen molar-refractivity contribution in [2.45, 2.75) is 12.5 Å². The highest BCUT2D eigenvalue weighted by Gasteiger charge is 2.54. The third kappa shape index (κ3) is 1.04. The van der Waals surface area contributed by atoms with E-state index >= 15 is 0 Å². The molecule has 0 bridgehead atoms. The molecule has 3 unspecified atom stereocenters. The van der Waals surface area contributed by atoms with Gasteiger partial charge in [-0.05, 0) is 19.4 Å². The third-order valence-electron chi connectivity index (χ3n) is 3.13. The van der Waals surface area contributed by atoms with Gasteiger partial charge >= 0.3 is 0 Å². The van der Waals surface area contributed by atoms with Gasteiger partial charge in [0.1, 0.15) is 0 Å². The summed E-state index contributed by atoms with van der Waals surface area (Å²) in [5.41, 5.74) is 0. The normalized spacial score (nSPS) is 39.4. The fourth-order valence-corrected chi connectivity index (χ4v) is 2.31. The van der Waals surface area contributed by atoms with Crippen LogP contribution in [0.1, 0.15) is 6.42 Å². The molecule has 2 fully saturated rings. The highest BCUT2D eigenvalue weighted by Crippen LogP contribution is 2.47. The number of hydrogen-bond donors (Lipinski definition) is 0. The van der Waals surface area contributed by atoms with Crippen molar-refractivity contribution in [3.05, 3.63) is 0 Å². The van der Waals surface area contributed by atoms with Crippen molar-refractivity contribution < 1.29 is 4.79 Å². The van der Waals surface area contributed by atoms with Crippen molar-refractivity contribution in [3.8, 4) is 0 Å². The van der Waals surface area contributed by atoms with Crippen LogP contribution in [0.5, 0.6) is 0 Å². The fraction of sp³-hybridized carbons (Fsp3) is 0.889. The number of fused-ring (bicyclic) bond motifs is 1. The maximum Gasteiger partial charge on any atom is 0.226 e. The van der Waals surface area contributed by atoms with E-state index in [1.807, 2.05) is 14.1 Å². The topological polar surface area (TPSA) is 23.6 Å². The average molecular weight is 168 g/mol. The molecule has 3 atom stereocenters. The number of rotatable bonds is 1. The van der Waals surface area contributed by atoms with Crippen LogP contribution in [0.3, 0.4) is 0 Å². The summed E-state index contributed by atoms with van der Waals surface area (Å²) in [6, 6.07) is 0.721. The SMILES string of the molecule is CN(C)C(=O)C1CN(C)C2CC12. The molecule has 1 aliphatic carbocycles. The van der Waals surface area contributed by atoms with Crippen molar-refractivity contribution in [1.29, 1.82) is 0 Å². The van der Waals surface area contributed by atoms with Gasteiger partial charge in [0.05, 0.1) is 5.92 Å². The molecular weight excluding hydrogens is 152 g/mol. The molecule has 68 valence electrons. The number of likely N-dealkylation sites (tertiary alicyclic amines) is 1. The Labute approximate surface area is 73.3 Å². The van der Waals surface area contributed by atoms with E-state index in [0.717, 1.165) is 12.6 Å². The van der Waals surface area contributed by atoms with Crippen LogP contribution in [0.15, 0.2) is 0 Å². The molecule has 0 aromatic carbocycles. The summed E-state index contributed by atoms with van der Waals surface area (Å²) >= 11 is 0. The molecule has 0 spiro atoms. The molecular formula is C9H16N2O. The van der Waals surface area contributed by atoms with Gasteiger partial charge in [0.15, 0.2) is 0 Å². The first-order valence-electron chi connectivity index (χ1n) is 4.52. The van der Waals surface area contributed by atoms with E-state index in [1.165, 1.54) is 6.42 Å². The Kier molecular flexibility index (Phi) is 1.65. The van der Waals surface area contributed by atoms with Crippen LogP contribution in [0.25, 0.3) is 0 Å². The Morgan fingerprint density at radius 3 is 2.50 bits per heavy atom. The van der Waals surface area contributed by atoms with Gasteiger partial charge in [-0.3, -0.25) is 4.79 Å². The van der Waals surface area contributed by atoms with E-state index in [-0.39, 0.29) is 5.92 Å². The van der Waals surface area contributed by atoms with Gasteiger partial charge in [-0.15, -0.1) is 0 Å². The van der Waals surface area contributed by atoms with Crippen molar-refractivity contribution in [2.75, 3.05) is 27.7 Å². The van der Waals surface area contributed by atoms with E-state index in [2.05, 4.69) is 11.9 Å². The minimum absolute atomic E-state index is 0.287. The van der Waals surface area contributed by atoms with Crippen molar-refractivity contribution in [1.82, 2.24) is 9.80 Å². The second-order valence-electron chi connectivity index (χ2n) is 4.25. The number of carbonyl (C=O) groups excluding carboxylic acids is 1. The highest BCUT2D eigenvalue weighted by molar-refractivity contribution is 5.80. The zero-order valence-corrected chi connectivity index (χ0v) is 7.95. The summed E-state index contributed by atoms with van der Waals surface area (Å²) in [5, 5.41) is 0. The van der Waals surface area contributed by atoms with Crippen LogP contribution >= 0.6 is 0 Å². The first-order chi connectivity index (χ1) is 5.61. The monoisotopic (exact) mass is 168 g/mol. The molecule has 3 heteroatoms. The summed E-state index contributed by atoms with van der Waals surface area (Å²) in [6.45, 7) is 0.965. The molecule has 0 N–H and O–H groups in total. The second kappa shape index (κ2) is 2.46. The maximum atomic E-state index is 11.6. The number of carbonyl (C=O) groups is 1. The predicted molar refractivity (Wildman–Crippen MR) is 46.7 cm³/mol. The van der Waals surface area contributed by atoms with Gasteiger partial charge in [-0.1, -0.05) is 0 Å². The Morgan fingerprint density at radius 1 is 1.50 bits per heavy atom. The minimum Gasteiger partial charge on any atom is -0.349 e. The van der Waals surface area contributed by atoms with Crippen LogP contribution in [0.2, 0.25) is 0 Å². The summed E-state index contributed by atoms with van der Waals surface area (Å²) in [6.07, 6.45) is 1.24. The molecule has 1 saturated heterocycles. The molecule has 3 nitrogen and oxygen atoms in total. The number of hydrogen-bond acceptors (Lipinski definition) is 2. The van der Waals surface area contributed by atoms with Gasteiger partial charge in [0.25, 0.3) is 0 Å². The lowest BCUT2D eigenvalue weighted by Gasteiger charge is -2.18. The van der Waals surface area contributed by atoms with Crippen LogP contribution in [0.4, 0.5) is 0 Å². The zero-order valence-electron chi connectivity index (χ0n) is 7.95. The first kappa shape index (κ1) is 8.05. The highest BCUT2D eigenvalue weighted by atomic mass is 16.2. The van der Waals surface area contributed by atoms with Gasteiger partial charge < -0.3 is 9.80 Å². The molecule has 12 heavy (non-hydrogen) atoms. The van der Waals surface area contributed by atoms with E-state index < -0.39 is 0 Å². The van der Waals surface area contributed by atoms with E-state index in [9.17, 15) is 4.79 Å². The van der Waals surface area contributed by atoms with Crippen LogP contribution in [0, 0.1) is 11.8 Å². The van der Waals surface area contributed by atoms with Crippen molar-refractivity contribution >= 4 is 5.91 Å². The summed E-state index contributed by atoms with van der Waals surface area (Å²) in [5.74, 6) is 1.27. The summed E-state index contributed by atoms with van der Waals surface area (Å²) in [7, 11) is 5.81. The largest absolute Gasteiger partial charge is 0.349 e. The molecule has 1 amide bonds. The molecule has 1 aliphatic heterocycles. The average Bonchev–Trinajstić information content (AvgIpc) is 2.72. The summed E-state index contributed by atoms with van der Waals surface area (Å²) < 4.78 is 0. The molecule has 0 radical (unpaired) electrons. The Bertz CT molecular complexity index is 215. The molecule has 2 aliphatic rings. The van der Waals surface area contributed by atoms with E-state index in [1.54, 1.807) is 4.90 Å². The van der Waals surface area contributed by atoms with Crippen molar-refractivity contribution in [2.24, 2.45) is 11.8 Å². The quantitative estimate of drug-likeness (QED) is 0.551. The van der Waals surface area contributed by atoms with E-state index in [0.29, 0.717) is 11.8 Å². The summed E-state index contributed by atoms with van der Waals surface area (Å²) in [4.78, 5) is 15.7. The Balaban J connectivity index is 2.02. The number of nitrogens with zero attached hydrogens (tertiary/aromatic N) is 2. The van der Waals surface area contributed by atoms with Gasteiger partial charge in [-0.2, -0.15) is 0 Å². The molecule has 1 heterocycles. The van der Waals surface area contributed by atoms with Crippen LogP contribution in [-0.2, 0) is 4.79 Å². The second-order valence-corrected chi connectivity index (χ2v) is 4.25. The maximum absolute atomic E-state index is 11.6. The first-order valence-corrected chi connectivity index (χ1v) is 4.52. The Hall–Kier alpha value is -0.570. The number of piperidine rings is 1. The smallest absolute Gasteiger partial charge is 0.226 e. The lowest BCUT2D eigenvalue weighted by molar-refractivity contribution is -0.133. The molecule has 0 aromatic heterocycles. The fourth-order valence-electron chi connectivity index (χ4n) is 2.31. The zero-order chi connectivity index (χ0) is 8.88. The minimum atomic E-state index is 0.287. The van der Waals surface area contributed by atoms with Crippen LogP contribution in [-0.4, -0.2) is 49.4 Å².